The van der Waals surface area contributed by atoms with E-state index in [0.717, 1.165) is 0 Å². The predicted molar refractivity (Wildman–Crippen MR) is 156 cm³/mol. The van der Waals surface area contributed by atoms with Gasteiger partial charge in [0, 0.05) is 31.1 Å². The number of carbonyl (C=O) groups excluding carboxylic acids is 1. The first-order valence-electron chi connectivity index (χ1n) is 13.2. The Morgan fingerprint density at radius 1 is 1.12 bits per heavy atom. The number of nitrogens with two attached hydrogens (primary N) is 1. The van der Waals surface area contributed by atoms with Crippen molar-refractivity contribution in [1.82, 2.24) is 28.9 Å². The Morgan fingerprint density at radius 3 is 2.41 bits per heavy atom. The average molecular weight is 553 g/mol. The largest absolute Gasteiger partial charge is 0.457 e. The van der Waals surface area contributed by atoms with Crippen molar-refractivity contribution in [3.8, 4) is 23.3 Å². The fourth-order valence-corrected chi connectivity index (χ4v) is 4.70. The quantitative estimate of drug-likeness (QED) is 0.260. The van der Waals surface area contributed by atoms with Crippen LogP contribution in [0.4, 0.5) is 5.82 Å². The van der Waals surface area contributed by atoms with E-state index in [9.17, 15) is 14.9 Å². The van der Waals surface area contributed by atoms with Crippen molar-refractivity contribution in [3.05, 3.63) is 83.1 Å². The van der Waals surface area contributed by atoms with Gasteiger partial charge in [-0.25, -0.2) is 14.8 Å². The van der Waals surface area contributed by atoms with E-state index < -0.39 is 5.54 Å². The summed E-state index contributed by atoms with van der Waals surface area (Å²) in [6.07, 6.45) is 3.03. The molecular formula is C30H32N8O3. The van der Waals surface area contributed by atoms with E-state index in [-0.39, 0.29) is 28.9 Å². The molecule has 0 radical (unpaired) electrons. The van der Waals surface area contributed by atoms with E-state index in [0.29, 0.717) is 48.0 Å². The van der Waals surface area contributed by atoms with Gasteiger partial charge in [-0.05, 0) is 70.4 Å². The molecule has 0 atom stereocenters. The number of nitrogen functional groups attached to an aromatic ring is 1. The molecule has 2 aromatic carbocycles. The van der Waals surface area contributed by atoms with Crippen molar-refractivity contribution >= 4 is 22.9 Å². The number of carbonyl (C=O) groups is 1. The number of nitrogens with zero attached hydrogens (tertiary/aromatic N) is 7. The number of likely N-dealkylation sites (N-methyl/N-ethyl adjacent to an activating group) is 1. The van der Waals surface area contributed by atoms with Crippen molar-refractivity contribution < 1.29 is 9.53 Å². The Hall–Kier alpha value is -4.95. The Morgan fingerprint density at radius 2 is 1.78 bits per heavy atom. The Labute approximate surface area is 237 Å². The molecular weight excluding hydrogens is 520 g/mol. The fourth-order valence-electron chi connectivity index (χ4n) is 4.70. The molecule has 0 bridgehead atoms. The van der Waals surface area contributed by atoms with Crippen LogP contribution in [-0.2, 0) is 11.3 Å². The van der Waals surface area contributed by atoms with E-state index in [4.69, 9.17) is 10.5 Å². The van der Waals surface area contributed by atoms with Crippen LogP contribution in [0.25, 0.3) is 16.9 Å². The second kappa shape index (κ2) is 10.9. The van der Waals surface area contributed by atoms with Crippen LogP contribution in [0.5, 0.6) is 11.5 Å². The minimum Gasteiger partial charge on any atom is -0.457 e. The summed E-state index contributed by atoms with van der Waals surface area (Å²) in [6, 6.07) is 18.6. The summed E-state index contributed by atoms with van der Waals surface area (Å²) in [7, 11) is 3.79. The first-order valence-corrected chi connectivity index (χ1v) is 13.2. The molecule has 0 spiro atoms. The van der Waals surface area contributed by atoms with Crippen LogP contribution in [0.15, 0.2) is 77.4 Å². The molecule has 4 aromatic rings. The number of amides is 1. The molecule has 1 saturated heterocycles. The van der Waals surface area contributed by atoms with E-state index in [1.165, 1.54) is 10.9 Å². The molecule has 0 unspecified atom stereocenters. The summed E-state index contributed by atoms with van der Waals surface area (Å²) < 4.78 is 8.95. The molecule has 210 valence electrons. The summed E-state index contributed by atoms with van der Waals surface area (Å²) in [5.74, 6) is 1.22. The highest BCUT2D eigenvalue weighted by molar-refractivity contribution is 5.98. The molecule has 1 aliphatic heterocycles. The van der Waals surface area contributed by atoms with Gasteiger partial charge >= 0.3 is 5.69 Å². The molecule has 0 saturated carbocycles. The maximum absolute atomic E-state index is 13.7. The Bertz CT molecular complexity index is 1710. The minimum absolute atomic E-state index is 0.00957. The number of imidazole rings is 1. The van der Waals surface area contributed by atoms with Crippen LogP contribution in [0.3, 0.4) is 0 Å². The zero-order valence-corrected chi connectivity index (χ0v) is 23.5. The first kappa shape index (κ1) is 27.6. The monoisotopic (exact) mass is 552 g/mol. The van der Waals surface area contributed by atoms with Crippen LogP contribution < -0.4 is 16.2 Å². The van der Waals surface area contributed by atoms with Crippen molar-refractivity contribution in [3.63, 3.8) is 0 Å². The van der Waals surface area contributed by atoms with Gasteiger partial charge in [-0.15, -0.1) is 0 Å². The number of aromatic nitrogens is 4. The van der Waals surface area contributed by atoms with Crippen LogP contribution in [0.2, 0.25) is 0 Å². The third-order valence-corrected chi connectivity index (χ3v) is 7.49. The van der Waals surface area contributed by atoms with Crippen LogP contribution in [-0.4, -0.2) is 67.5 Å². The number of fused-ring (bicyclic) bond motifs is 1. The van der Waals surface area contributed by atoms with E-state index in [1.54, 1.807) is 39.8 Å². The van der Waals surface area contributed by atoms with Gasteiger partial charge in [0.2, 0.25) is 0 Å². The zero-order valence-electron chi connectivity index (χ0n) is 23.5. The summed E-state index contributed by atoms with van der Waals surface area (Å²) >= 11 is 0. The number of anilines is 1. The number of nitriles is 1. The number of para-hydroxylation sites is 1. The van der Waals surface area contributed by atoms with Crippen molar-refractivity contribution in [2.45, 2.75) is 25.9 Å². The predicted octanol–water partition coefficient (Wildman–Crippen LogP) is 3.21. The molecule has 1 aliphatic rings. The van der Waals surface area contributed by atoms with Gasteiger partial charge in [-0.1, -0.05) is 18.2 Å². The lowest BCUT2D eigenvalue weighted by Gasteiger charge is -2.39. The highest BCUT2D eigenvalue weighted by Gasteiger charge is 2.35. The van der Waals surface area contributed by atoms with E-state index in [2.05, 4.69) is 9.97 Å². The van der Waals surface area contributed by atoms with Gasteiger partial charge in [0.1, 0.15) is 35.0 Å². The van der Waals surface area contributed by atoms with Crippen molar-refractivity contribution in [2.24, 2.45) is 5.92 Å². The normalized spacial score (nSPS) is 14.2. The molecule has 2 aromatic heterocycles. The molecule has 1 amide bonds. The van der Waals surface area contributed by atoms with Gasteiger partial charge in [0.25, 0.3) is 5.91 Å². The second-order valence-corrected chi connectivity index (χ2v) is 10.9. The lowest BCUT2D eigenvalue weighted by molar-refractivity contribution is -0.133. The molecule has 41 heavy (non-hydrogen) atoms. The van der Waals surface area contributed by atoms with Crippen molar-refractivity contribution in [1.29, 1.82) is 5.26 Å². The summed E-state index contributed by atoms with van der Waals surface area (Å²) in [4.78, 5) is 38.8. The van der Waals surface area contributed by atoms with E-state index in [1.807, 2.05) is 69.2 Å². The molecule has 11 heteroatoms. The second-order valence-electron chi connectivity index (χ2n) is 10.9. The number of ether oxygens (including phenoxy) is 1. The van der Waals surface area contributed by atoms with Crippen molar-refractivity contribution in [2.75, 3.05) is 32.9 Å². The topological polar surface area (TPSA) is 135 Å². The third kappa shape index (κ3) is 5.42. The Kier molecular flexibility index (Phi) is 7.34. The third-order valence-electron chi connectivity index (χ3n) is 7.49. The van der Waals surface area contributed by atoms with Crippen LogP contribution in [0.1, 0.15) is 13.8 Å². The molecule has 2 N–H and O–H groups in total. The maximum Gasteiger partial charge on any atom is 0.335 e. The fraction of sp³-hybridized carbons (Fsp3) is 0.300. The average Bonchev–Trinajstić information content (AvgIpc) is 3.21. The highest BCUT2D eigenvalue weighted by atomic mass is 16.5. The van der Waals surface area contributed by atoms with E-state index >= 15 is 0 Å². The number of hydrogen-bond acceptors (Lipinski definition) is 8. The summed E-state index contributed by atoms with van der Waals surface area (Å²) in [6.45, 7) is 5.07. The summed E-state index contributed by atoms with van der Waals surface area (Å²) in [5, 5.41) is 9.63. The number of hydrogen-bond donors (Lipinski definition) is 1. The van der Waals surface area contributed by atoms with Gasteiger partial charge in [0.05, 0.1) is 5.69 Å². The lowest BCUT2D eigenvalue weighted by atomic mass is 9.96. The van der Waals surface area contributed by atoms with Gasteiger partial charge < -0.3 is 20.3 Å². The molecule has 1 fully saturated rings. The summed E-state index contributed by atoms with van der Waals surface area (Å²) in [5.41, 5.74) is 7.01. The van der Waals surface area contributed by atoms with Gasteiger partial charge in [-0.2, -0.15) is 5.26 Å². The lowest BCUT2D eigenvalue weighted by Crippen LogP contribution is -2.52. The SMILES string of the molecule is CN(C)C(C)(C)C=C(C#N)C(=O)N1CC(Cn2c(=O)n(-c3ccc(Oc4ccccc4)cc3)c3c(N)ncnc32)C1. The number of likely N-dealkylation sites (tertiary alicyclic amines) is 1. The van der Waals surface area contributed by atoms with Gasteiger partial charge in [0.15, 0.2) is 11.5 Å². The maximum atomic E-state index is 13.7. The molecule has 11 nitrogen and oxygen atoms in total. The highest BCUT2D eigenvalue weighted by Crippen LogP contribution is 2.27. The standard InChI is InChI=1S/C30H32N8O3/c1-30(2,35(3)4)14-21(15-31)28(39)36-16-20(17-36)18-37-27-25(26(32)33-19-34-27)38(29(37)40)22-10-12-24(13-11-22)41-23-8-6-5-7-9-23/h5-14,19-20H,16-18H2,1-4H3,(H2,32,33,34). The minimum atomic E-state index is -0.453. The molecule has 0 aliphatic carbocycles. The number of benzene rings is 2. The Balaban J connectivity index is 1.37. The smallest absolute Gasteiger partial charge is 0.335 e. The molecule has 3 heterocycles. The number of rotatable bonds is 8. The van der Waals surface area contributed by atoms with Gasteiger partial charge in [-0.3, -0.25) is 13.9 Å². The van der Waals surface area contributed by atoms with Crippen LogP contribution >= 0.6 is 0 Å². The zero-order chi connectivity index (χ0) is 29.3. The van der Waals surface area contributed by atoms with Crippen LogP contribution in [0, 0.1) is 17.2 Å². The first-order chi connectivity index (χ1) is 19.6. The molecule has 5 rings (SSSR count).